The van der Waals surface area contributed by atoms with E-state index in [1.807, 2.05) is 24.3 Å². The number of benzene rings is 2. The van der Waals surface area contributed by atoms with Crippen LogP contribution in [0.2, 0.25) is 5.02 Å². The number of anilines is 1. The van der Waals surface area contributed by atoms with E-state index in [0.717, 1.165) is 3.57 Å². The molecule has 5 heteroatoms. The maximum Gasteiger partial charge on any atom is 0.330 e. The van der Waals surface area contributed by atoms with E-state index >= 15 is 0 Å². The Bertz CT molecular complexity index is 589. The smallest absolute Gasteiger partial charge is 0.330 e. The van der Waals surface area contributed by atoms with Gasteiger partial charge in [-0.2, -0.15) is 0 Å². The van der Waals surface area contributed by atoms with Crippen LogP contribution in [0.5, 0.6) is 0 Å². The van der Waals surface area contributed by atoms with Crippen LogP contribution in [0.25, 0.3) is 0 Å². The SMILES string of the molecule is O=C(O)C(Nc1ccc(I)cc1Cl)c1ccccc1. The summed E-state index contributed by atoms with van der Waals surface area (Å²) < 4.78 is 1.000. The van der Waals surface area contributed by atoms with Gasteiger partial charge in [-0.15, -0.1) is 0 Å². The van der Waals surface area contributed by atoms with Crippen LogP contribution in [0, 0.1) is 3.57 Å². The second kappa shape index (κ2) is 6.25. The van der Waals surface area contributed by atoms with Crippen LogP contribution in [0.3, 0.4) is 0 Å². The first kappa shape index (κ1) is 14.1. The Balaban J connectivity index is 2.29. The molecule has 0 aliphatic carbocycles. The average molecular weight is 388 g/mol. The molecule has 3 nitrogen and oxygen atoms in total. The Kier molecular flexibility index (Phi) is 4.66. The number of rotatable bonds is 4. The van der Waals surface area contributed by atoms with Gasteiger partial charge >= 0.3 is 5.97 Å². The molecule has 0 heterocycles. The van der Waals surface area contributed by atoms with Gasteiger partial charge in [0.05, 0.1) is 10.7 Å². The van der Waals surface area contributed by atoms with Gasteiger partial charge < -0.3 is 10.4 Å². The van der Waals surface area contributed by atoms with E-state index in [0.29, 0.717) is 16.3 Å². The molecule has 0 fully saturated rings. The Hall–Kier alpha value is -1.27. The summed E-state index contributed by atoms with van der Waals surface area (Å²) in [6.45, 7) is 0. The highest BCUT2D eigenvalue weighted by molar-refractivity contribution is 14.1. The molecule has 1 unspecified atom stereocenters. The van der Waals surface area contributed by atoms with Crippen molar-refractivity contribution in [2.75, 3.05) is 5.32 Å². The normalized spacial score (nSPS) is 11.9. The van der Waals surface area contributed by atoms with Crippen molar-refractivity contribution in [3.05, 3.63) is 62.7 Å². The van der Waals surface area contributed by atoms with E-state index in [4.69, 9.17) is 11.6 Å². The van der Waals surface area contributed by atoms with Gasteiger partial charge in [0.1, 0.15) is 0 Å². The lowest BCUT2D eigenvalue weighted by atomic mass is 10.1. The highest BCUT2D eigenvalue weighted by atomic mass is 127. The maximum atomic E-state index is 11.4. The monoisotopic (exact) mass is 387 g/mol. The Morgan fingerprint density at radius 2 is 1.89 bits per heavy atom. The van der Waals surface area contributed by atoms with Gasteiger partial charge in [-0.25, -0.2) is 4.79 Å². The summed E-state index contributed by atoms with van der Waals surface area (Å²) >= 11 is 8.26. The van der Waals surface area contributed by atoms with Gasteiger partial charge in [-0.1, -0.05) is 41.9 Å². The molecule has 0 aliphatic heterocycles. The first-order chi connectivity index (χ1) is 9.08. The van der Waals surface area contributed by atoms with Crippen LogP contribution in [0.1, 0.15) is 11.6 Å². The van der Waals surface area contributed by atoms with Gasteiger partial charge in [-0.05, 0) is 46.4 Å². The second-order valence-corrected chi connectivity index (χ2v) is 5.60. The first-order valence-corrected chi connectivity index (χ1v) is 7.03. The molecule has 2 aromatic carbocycles. The standard InChI is InChI=1S/C14H11ClINO2/c15-11-8-10(16)6-7-12(11)17-13(14(18)19)9-4-2-1-3-5-9/h1-8,13,17H,(H,18,19). The number of halogens is 2. The number of carbonyl (C=O) groups is 1. The summed E-state index contributed by atoms with van der Waals surface area (Å²) in [5, 5.41) is 12.8. The molecule has 98 valence electrons. The fourth-order valence-electron chi connectivity index (χ4n) is 1.70. The summed E-state index contributed by atoms with van der Waals surface area (Å²) in [7, 11) is 0. The van der Waals surface area contributed by atoms with Crippen LogP contribution < -0.4 is 5.32 Å². The molecule has 19 heavy (non-hydrogen) atoms. The highest BCUT2D eigenvalue weighted by Crippen LogP contribution is 2.28. The number of carboxylic acids is 1. The minimum atomic E-state index is -0.944. The lowest BCUT2D eigenvalue weighted by Crippen LogP contribution is -2.20. The van der Waals surface area contributed by atoms with Gasteiger partial charge in [0.15, 0.2) is 6.04 Å². The fourth-order valence-corrected chi connectivity index (χ4v) is 2.61. The Morgan fingerprint density at radius 3 is 2.47 bits per heavy atom. The molecule has 0 aromatic heterocycles. The van der Waals surface area contributed by atoms with E-state index in [2.05, 4.69) is 27.9 Å². The quantitative estimate of drug-likeness (QED) is 0.774. The average Bonchev–Trinajstić information content (AvgIpc) is 2.38. The van der Waals surface area contributed by atoms with Crippen LogP contribution in [0.15, 0.2) is 48.5 Å². The predicted molar refractivity (Wildman–Crippen MR) is 84.6 cm³/mol. The summed E-state index contributed by atoms with van der Waals surface area (Å²) in [5.41, 5.74) is 1.29. The third-order valence-corrected chi connectivity index (χ3v) is 3.59. The summed E-state index contributed by atoms with van der Waals surface area (Å²) in [6.07, 6.45) is 0. The third kappa shape index (κ3) is 3.61. The molecule has 0 aliphatic rings. The molecule has 2 rings (SSSR count). The minimum Gasteiger partial charge on any atom is -0.479 e. The molecule has 0 spiro atoms. The van der Waals surface area contributed by atoms with E-state index in [1.165, 1.54) is 0 Å². The van der Waals surface area contributed by atoms with E-state index in [9.17, 15) is 9.90 Å². The molecule has 1 atom stereocenters. The number of carboxylic acid groups (broad SMARTS) is 1. The molecule has 0 radical (unpaired) electrons. The highest BCUT2D eigenvalue weighted by Gasteiger charge is 2.20. The number of nitrogens with one attached hydrogen (secondary N) is 1. The molecular weight excluding hydrogens is 377 g/mol. The zero-order valence-corrected chi connectivity index (χ0v) is 12.7. The van der Waals surface area contributed by atoms with Crippen molar-refractivity contribution in [3.63, 3.8) is 0 Å². The van der Waals surface area contributed by atoms with Crippen LogP contribution in [-0.4, -0.2) is 11.1 Å². The zero-order chi connectivity index (χ0) is 13.8. The largest absolute Gasteiger partial charge is 0.479 e. The fraction of sp³-hybridized carbons (Fsp3) is 0.0714. The molecule has 0 amide bonds. The lowest BCUT2D eigenvalue weighted by molar-refractivity contribution is -0.138. The summed E-state index contributed by atoms with van der Waals surface area (Å²) in [5.74, 6) is -0.944. The van der Waals surface area contributed by atoms with E-state index in [1.54, 1.807) is 24.3 Å². The lowest BCUT2D eigenvalue weighted by Gasteiger charge is -2.17. The van der Waals surface area contributed by atoms with E-state index in [-0.39, 0.29) is 0 Å². The van der Waals surface area contributed by atoms with Gasteiger partial charge in [0.2, 0.25) is 0 Å². The van der Waals surface area contributed by atoms with Crippen LogP contribution in [-0.2, 0) is 4.79 Å². The minimum absolute atomic E-state index is 0.508. The molecule has 0 saturated heterocycles. The first-order valence-electron chi connectivity index (χ1n) is 5.57. The predicted octanol–water partition coefficient (Wildman–Crippen LogP) is 4.18. The molecule has 2 aromatic rings. The topological polar surface area (TPSA) is 49.3 Å². The number of aliphatic carboxylic acids is 1. The molecule has 0 bridgehead atoms. The summed E-state index contributed by atoms with van der Waals surface area (Å²) in [4.78, 5) is 11.4. The van der Waals surface area contributed by atoms with Gasteiger partial charge in [-0.3, -0.25) is 0 Å². The van der Waals surface area contributed by atoms with Crippen LogP contribution in [0.4, 0.5) is 5.69 Å². The van der Waals surface area contributed by atoms with E-state index < -0.39 is 12.0 Å². The molecule has 0 saturated carbocycles. The zero-order valence-electron chi connectivity index (χ0n) is 9.81. The van der Waals surface area contributed by atoms with Crippen LogP contribution >= 0.6 is 34.2 Å². The van der Waals surface area contributed by atoms with Gasteiger partial charge in [0, 0.05) is 3.57 Å². The van der Waals surface area contributed by atoms with Crippen molar-refractivity contribution in [1.82, 2.24) is 0 Å². The number of hydrogen-bond acceptors (Lipinski definition) is 2. The van der Waals surface area contributed by atoms with Crippen molar-refractivity contribution >= 4 is 45.8 Å². The summed E-state index contributed by atoms with van der Waals surface area (Å²) in [6, 6.07) is 13.6. The molecule has 2 N–H and O–H groups in total. The van der Waals surface area contributed by atoms with Crippen molar-refractivity contribution in [3.8, 4) is 0 Å². The van der Waals surface area contributed by atoms with Crippen molar-refractivity contribution in [2.24, 2.45) is 0 Å². The number of hydrogen-bond donors (Lipinski definition) is 2. The Labute approximate surface area is 129 Å². The maximum absolute atomic E-state index is 11.4. The van der Waals surface area contributed by atoms with Crippen molar-refractivity contribution in [1.29, 1.82) is 0 Å². The van der Waals surface area contributed by atoms with Gasteiger partial charge in [0.25, 0.3) is 0 Å². The third-order valence-electron chi connectivity index (χ3n) is 2.61. The Morgan fingerprint density at radius 1 is 1.21 bits per heavy atom. The molecular formula is C14H11ClINO2. The second-order valence-electron chi connectivity index (χ2n) is 3.95. The van der Waals surface area contributed by atoms with Crippen molar-refractivity contribution in [2.45, 2.75) is 6.04 Å². The van der Waals surface area contributed by atoms with Crippen molar-refractivity contribution < 1.29 is 9.90 Å².